The Balaban J connectivity index is 1.84. The number of hydrogen-bond acceptors (Lipinski definition) is 4. The molecule has 3 N–H and O–H groups in total. The Bertz CT molecular complexity index is 515. The van der Waals surface area contributed by atoms with E-state index in [9.17, 15) is 19.1 Å². The third-order valence-corrected chi connectivity index (χ3v) is 2.95. The number of hydrogen-bond donors (Lipinski definition) is 3. The number of halogens is 1. The van der Waals surface area contributed by atoms with Gasteiger partial charge in [-0.3, -0.25) is 9.59 Å². The van der Waals surface area contributed by atoms with Gasteiger partial charge >= 0.3 is 11.8 Å². The van der Waals surface area contributed by atoms with Gasteiger partial charge in [0.15, 0.2) is 0 Å². The van der Waals surface area contributed by atoms with E-state index in [1.54, 1.807) is 0 Å². The summed E-state index contributed by atoms with van der Waals surface area (Å²) in [7, 11) is 0. The minimum atomic E-state index is -1.13. The quantitative estimate of drug-likeness (QED) is 0.683. The molecule has 1 aromatic rings. The Morgan fingerprint density at radius 1 is 1.40 bits per heavy atom. The Kier molecular flexibility index (Phi) is 4.31. The van der Waals surface area contributed by atoms with Crippen LogP contribution in [0.4, 0.5) is 10.1 Å². The van der Waals surface area contributed by atoms with Gasteiger partial charge in [0.1, 0.15) is 11.4 Å². The molecular formula is C13H15FN2O4. The molecule has 1 fully saturated rings. The van der Waals surface area contributed by atoms with Crippen LogP contribution in [0.15, 0.2) is 24.3 Å². The molecule has 1 atom stereocenters. The highest BCUT2D eigenvalue weighted by molar-refractivity contribution is 6.39. The smallest absolute Gasteiger partial charge is 0.313 e. The highest BCUT2D eigenvalue weighted by Crippen LogP contribution is 2.16. The summed E-state index contributed by atoms with van der Waals surface area (Å²) in [4.78, 5) is 23.1. The maximum Gasteiger partial charge on any atom is 0.313 e. The van der Waals surface area contributed by atoms with Crippen molar-refractivity contribution < 1.29 is 23.8 Å². The Labute approximate surface area is 114 Å². The van der Waals surface area contributed by atoms with Crippen molar-refractivity contribution in [1.29, 1.82) is 0 Å². The second-order valence-electron chi connectivity index (χ2n) is 4.67. The van der Waals surface area contributed by atoms with Crippen LogP contribution in [0.3, 0.4) is 0 Å². The summed E-state index contributed by atoms with van der Waals surface area (Å²) >= 11 is 0. The molecule has 20 heavy (non-hydrogen) atoms. The summed E-state index contributed by atoms with van der Waals surface area (Å²) < 4.78 is 17.9. The molecule has 1 aromatic carbocycles. The van der Waals surface area contributed by atoms with Gasteiger partial charge in [0, 0.05) is 25.3 Å². The van der Waals surface area contributed by atoms with E-state index in [0.29, 0.717) is 13.0 Å². The molecule has 0 bridgehead atoms. The number of ether oxygens (including phenoxy) is 1. The lowest BCUT2D eigenvalue weighted by Crippen LogP contribution is -2.46. The van der Waals surface area contributed by atoms with Crippen molar-refractivity contribution in [3.63, 3.8) is 0 Å². The summed E-state index contributed by atoms with van der Waals surface area (Å²) in [6.07, 6.45) is 0.402. The second kappa shape index (κ2) is 5.98. The zero-order chi connectivity index (χ0) is 14.6. The highest BCUT2D eigenvalue weighted by Gasteiger charge is 2.33. The molecule has 0 aromatic heterocycles. The van der Waals surface area contributed by atoms with Crippen molar-refractivity contribution in [1.82, 2.24) is 5.32 Å². The molecule has 108 valence electrons. The van der Waals surface area contributed by atoms with Crippen molar-refractivity contribution in [2.75, 3.05) is 25.1 Å². The molecule has 1 saturated heterocycles. The number of aliphatic hydroxyl groups is 1. The molecule has 1 aliphatic heterocycles. The number of carbonyl (C=O) groups is 2. The number of amides is 2. The van der Waals surface area contributed by atoms with Crippen molar-refractivity contribution in [3.05, 3.63) is 30.1 Å². The first-order valence-corrected chi connectivity index (χ1v) is 6.13. The maximum atomic E-state index is 12.9. The van der Waals surface area contributed by atoms with Gasteiger partial charge in [-0.05, 0) is 18.2 Å². The summed E-state index contributed by atoms with van der Waals surface area (Å²) in [5.41, 5.74) is -0.942. The van der Waals surface area contributed by atoms with Crippen LogP contribution in [0.5, 0.6) is 0 Å². The molecule has 7 heteroatoms. The fourth-order valence-corrected chi connectivity index (χ4v) is 1.82. The number of rotatable bonds is 3. The second-order valence-corrected chi connectivity index (χ2v) is 4.67. The predicted molar refractivity (Wildman–Crippen MR) is 68.4 cm³/mol. The standard InChI is InChI=1S/C13H15FN2O4/c14-9-2-1-3-10(6-9)16-12(18)11(17)15-7-13(19)4-5-20-8-13/h1-3,6,19H,4-5,7-8H2,(H,15,17)(H,16,18)/t13-/m1/s1. The van der Waals surface area contributed by atoms with E-state index in [2.05, 4.69) is 10.6 Å². The van der Waals surface area contributed by atoms with Crippen molar-refractivity contribution in [2.24, 2.45) is 0 Å². The Morgan fingerprint density at radius 3 is 2.85 bits per heavy atom. The summed E-state index contributed by atoms with van der Waals surface area (Å²) in [5.74, 6) is -2.33. The lowest BCUT2D eigenvalue weighted by Gasteiger charge is -2.20. The Hall–Kier alpha value is -1.99. The van der Waals surface area contributed by atoms with Gasteiger partial charge in [-0.15, -0.1) is 0 Å². The van der Waals surface area contributed by atoms with Gasteiger partial charge < -0.3 is 20.5 Å². The van der Waals surface area contributed by atoms with Gasteiger partial charge in [0.05, 0.1) is 6.61 Å². The van der Waals surface area contributed by atoms with E-state index in [-0.39, 0.29) is 18.8 Å². The van der Waals surface area contributed by atoms with Gasteiger partial charge in [0.2, 0.25) is 0 Å². The molecule has 0 radical (unpaired) electrons. The third kappa shape index (κ3) is 3.75. The SMILES string of the molecule is O=C(NC[C@]1(O)CCOC1)C(=O)Nc1cccc(F)c1. The zero-order valence-corrected chi connectivity index (χ0v) is 10.7. The van der Waals surface area contributed by atoms with Crippen molar-refractivity contribution >= 4 is 17.5 Å². The molecular weight excluding hydrogens is 267 g/mol. The zero-order valence-electron chi connectivity index (χ0n) is 10.7. The average molecular weight is 282 g/mol. The van der Waals surface area contributed by atoms with Crippen LogP contribution in [-0.4, -0.2) is 42.3 Å². The summed E-state index contributed by atoms with van der Waals surface area (Å²) in [5, 5.41) is 14.5. The van der Waals surface area contributed by atoms with Crippen LogP contribution in [0.2, 0.25) is 0 Å². The lowest BCUT2D eigenvalue weighted by molar-refractivity contribution is -0.136. The molecule has 0 saturated carbocycles. The Morgan fingerprint density at radius 2 is 2.20 bits per heavy atom. The number of anilines is 1. The molecule has 2 rings (SSSR count). The van der Waals surface area contributed by atoms with E-state index in [1.165, 1.54) is 18.2 Å². The lowest BCUT2D eigenvalue weighted by atomic mass is 10.0. The minimum absolute atomic E-state index is 0.0671. The van der Waals surface area contributed by atoms with Crippen molar-refractivity contribution in [2.45, 2.75) is 12.0 Å². The van der Waals surface area contributed by atoms with Crippen LogP contribution in [-0.2, 0) is 14.3 Å². The fraction of sp³-hybridized carbons (Fsp3) is 0.385. The molecule has 0 aliphatic carbocycles. The fourth-order valence-electron chi connectivity index (χ4n) is 1.82. The minimum Gasteiger partial charge on any atom is -0.386 e. The predicted octanol–water partition coefficient (Wildman–Crippen LogP) is 0.0318. The normalized spacial score (nSPS) is 21.5. The van der Waals surface area contributed by atoms with Crippen LogP contribution in [0.25, 0.3) is 0 Å². The van der Waals surface area contributed by atoms with Gasteiger partial charge in [-0.1, -0.05) is 6.07 Å². The van der Waals surface area contributed by atoms with E-state index >= 15 is 0 Å². The van der Waals surface area contributed by atoms with Crippen LogP contribution in [0, 0.1) is 5.82 Å². The molecule has 0 unspecified atom stereocenters. The van der Waals surface area contributed by atoms with Gasteiger partial charge in [0.25, 0.3) is 0 Å². The van der Waals surface area contributed by atoms with Crippen LogP contribution in [0.1, 0.15) is 6.42 Å². The van der Waals surface area contributed by atoms with E-state index in [1.807, 2.05) is 0 Å². The maximum absolute atomic E-state index is 12.9. The first-order chi connectivity index (χ1) is 9.48. The highest BCUT2D eigenvalue weighted by atomic mass is 19.1. The molecule has 6 nitrogen and oxygen atoms in total. The molecule has 0 spiro atoms. The van der Waals surface area contributed by atoms with Crippen LogP contribution >= 0.6 is 0 Å². The monoisotopic (exact) mass is 282 g/mol. The molecule has 1 heterocycles. The number of nitrogens with one attached hydrogen (secondary N) is 2. The van der Waals surface area contributed by atoms with Crippen LogP contribution < -0.4 is 10.6 Å². The van der Waals surface area contributed by atoms with E-state index in [4.69, 9.17) is 4.74 Å². The van der Waals surface area contributed by atoms with E-state index < -0.39 is 23.2 Å². The average Bonchev–Trinajstić information content (AvgIpc) is 2.83. The first-order valence-electron chi connectivity index (χ1n) is 6.13. The number of benzene rings is 1. The first kappa shape index (κ1) is 14.4. The third-order valence-electron chi connectivity index (χ3n) is 2.95. The van der Waals surface area contributed by atoms with Crippen molar-refractivity contribution in [3.8, 4) is 0 Å². The molecule has 1 aliphatic rings. The summed E-state index contributed by atoms with van der Waals surface area (Å²) in [6.45, 7) is 0.475. The van der Waals surface area contributed by atoms with Gasteiger partial charge in [-0.25, -0.2) is 4.39 Å². The molecule has 2 amide bonds. The topological polar surface area (TPSA) is 87.7 Å². The van der Waals surface area contributed by atoms with Gasteiger partial charge in [-0.2, -0.15) is 0 Å². The van der Waals surface area contributed by atoms with E-state index in [0.717, 1.165) is 6.07 Å². The summed E-state index contributed by atoms with van der Waals surface area (Å²) in [6, 6.07) is 5.21. The number of carbonyl (C=O) groups excluding carboxylic acids is 2. The largest absolute Gasteiger partial charge is 0.386 e.